The fraction of sp³-hybridized carbons (Fsp3) is 0.636. The number of nitrogens with zero attached hydrogens (tertiary/aromatic N) is 1. The first-order chi connectivity index (χ1) is 15.3. The molecule has 0 spiro atoms. The van der Waals surface area contributed by atoms with E-state index in [2.05, 4.69) is 0 Å². The van der Waals surface area contributed by atoms with E-state index in [9.17, 15) is 24.2 Å². The van der Waals surface area contributed by atoms with E-state index in [0.717, 1.165) is 12.0 Å². The molecule has 1 aromatic carbocycles. The molecule has 1 heterocycles. The Kier molecular flexibility index (Phi) is 17.2. The Bertz CT molecular complexity index is 792. The summed E-state index contributed by atoms with van der Waals surface area (Å²) in [5.74, 6) is -1.94. The minimum absolute atomic E-state index is 0. The molecule has 0 radical (unpaired) electrons. The van der Waals surface area contributed by atoms with Crippen LogP contribution in [0.3, 0.4) is 0 Å². The van der Waals surface area contributed by atoms with Gasteiger partial charge in [0.05, 0.1) is 12.0 Å². The number of carbonyl (C=O) groups is 2. The van der Waals surface area contributed by atoms with E-state index in [0.29, 0.717) is 32.2 Å². The van der Waals surface area contributed by atoms with E-state index in [1.807, 2.05) is 36.6 Å². The molecule has 1 amide bonds. The van der Waals surface area contributed by atoms with Gasteiger partial charge in [0, 0.05) is 18.0 Å². The van der Waals surface area contributed by atoms with Gasteiger partial charge >= 0.3 is 37.7 Å². The molecule has 0 bridgehead atoms. The van der Waals surface area contributed by atoms with Crippen LogP contribution in [0.15, 0.2) is 30.3 Å². The summed E-state index contributed by atoms with van der Waals surface area (Å²) < 4.78 is 18.0. The number of hydrogen-bond acceptors (Lipinski definition) is 8. The predicted octanol–water partition coefficient (Wildman–Crippen LogP) is -4.83. The van der Waals surface area contributed by atoms with Crippen LogP contribution in [-0.2, 0) is 25.1 Å². The van der Waals surface area contributed by atoms with Gasteiger partial charge in [-0.25, -0.2) is 0 Å². The number of carboxylic acid groups (broad SMARTS) is 1. The van der Waals surface area contributed by atoms with E-state index in [-0.39, 0.29) is 68.5 Å². The molecule has 34 heavy (non-hydrogen) atoms. The molecular formula is C22H33Li2N2O6PS. The van der Waals surface area contributed by atoms with E-state index in [4.69, 9.17) is 10.3 Å². The third-order valence-electron chi connectivity index (χ3n) is 5.63. The van der Waals surface area contributed by atoms with Gasteiger partial charge in [-0.3, -0.25) is 4.79 Å². The second-order valence-electron chi connectivity index (χ2n) is 8.07. The maximum absolute atomic E-state index is 13.1. The smallest absolute Gasteiger partial charge is 0.778 e. The van der Waals surface area contributed by atoms with Crippen LogP contribution in [0.25, 0.3) is 0 Å². The van der Waals surface area contributed by atoms with E-state index < -0.39 is 31.6 Å². The van der Waals surface area contributed by atoms with Crippen molar-refractivity contribution in [2.75, 3.05) is 25.5 Å². The standard InChI is InChI=1S/C22H35N2O6PS.2Li/c1-32-18-15-19(22(26)27)24(16-18)21(25)20(12-5-7-13-23)30-31(28,29)14-8-6-11-17-9-3-2-4-10-17;;/h2-4,9-10,18-20H,5-8,11-16,23H2,1H3,(H,26,27)(H,28,29);;/q;2*+1/p-2/t18-,19+,20+;;/m1../s1. The number of nitrogens with two attached hydrogens (primary N) is 1. The Morgan fingerprint density at radius 3 is 2.47 bits per heavy atom. The molecule has 1 aliphatic heterocycles. The fourth-order valence-corrected chi connectivity index (χ4v) is 5.83. The zero-order valence-electron chi connectivity index (χ0n) is 20.5. The summed E-state index contributed by atoms with van der Waals surface area (Å²) in [6.07, 6.45) is 3.88. The molecule has 1 saturated heterocycles. The van der Waals surface area contributed by atoms with Crippen LogP contribution in [-0.4, -0.2) is 59.7 Å². The average Bonchev–Trinajstić information content (AvgIpc) is 3.21. The van der Waals surface area contributed by atoms with Gasteiger partial charge < -0.3 is 34.5 Å². The molecule has 8 nitrogen and oxygen atoms in total. The zero-order chi connectivity index (χ0) is 23.6. The van der Waals surface area contributed by atoms with E-state index >= 15 is 0 Å². The van der Waals surface area contributed by atoms with Crippen LogP contribution < -0.4 is 53.5 Å². The summed E-state index contributed by atoms with van der Waals surface area (Å²) in [5.41, 5.74) is 6.66. The number of carbonyl (C=O) groups excluding carboxylic acids is 2. The Hall–Kier alpha value is -0.185. The minimum Gasteiger partial charge on any atom is -0.778 e. The normalized spacial score (nSPS) is 20.0. The first kappa shape index (κ1) is 33.8. The molecule has 1 unspecified atom stereocenters. The summed E-state index contributed by atoms with van der Waals surface area (Å²) in [6.45, 7) is 0.644. The minimum atomic E-state index is -4.28. The zero-order valence-corrected chi connectivity index (χ0v) is 22.2. The average molecular weight is 498 g/mol. The molecule has 4 atom stereocenters. The van der Waals surface area contributed by atoms with Crippen molar-refractivity contribution < 1.29 is 66.4 Å². The molecule has 0 aromatic heterocycles. The molecule has 180 valence electrons. The number of aliphatic carboxylic acids is 1. The molecule has 1 fully saturated rings. The third-order valence-corrected chi connectivity index (χ3v) is 8.07. The number of rotatable bonds is 14. The maximum Gasteiger partial charge on any atom is 1.00 e. The van der Waals surface area contributed by atoms with Gasteiger partial charge in [-0.2, -0.15) is 11.8 Å². The van der Waals surface area contributed by atoms with Crippen LogP contribution in [0, 0.1) is 0 Å². The van der Waals surface area contributed by atoms with Gasteiger partial charge in [-0.1, -0.05) is 30.3 Å². The monoisotopic (exact) mass is 498 g/mol. The molecule has 0 saturated carbocycles. The molecular weight excluding hydrogens is 465 g/mol. The van der Waals surface area contributed by atoms with E-state index in [1.54, 1.807) is 0 Å². The summed E-state index contributed by atoms with van der Waals surface area (Å²) in [4.78, 5) is 38.5. The Morgan fingerprint density at radius 1 is 1.21 bits per heavy atom. The number of likely N-dealkylation sites (tertiary alicyclic amines) is 1. The largest absolute Gasteiger partial charge is 1.00 e. The van der Waals surface area contributed by atoms with Gasteiger partial charge in [0.15, 0.2) is 0 Å². The number of benzene rings is 1. The van der Waals surface area contributed by atoms with Crippen molar-refractivity contribution in [2.24, 2.45) is 5.73 Å². The number of thioether (sulfide) groups is 1. The van der Waals surface area contributed by atoms with Gasteiger partial charge in [-0.05, 0) is 63.3 Å². The third kappa shape index (κ3) is 11.3. The van der Waals surface area contributed by atoms with Crippen LogP contribution in [0.1, 0.15) is 44.1 Å². The first-order valence-electron chi connectivity index (χ1n) is 11.0. The van der Waals surface area contributed by atoms with Gasteiger partial charge in [0.2, 0.25) is 0 Å². The van der Waals surface area contributed by atoms with Crippen LogP contribution >= 0.6 is 19.4 Å². The summed E-state index contributed by atoms with van der Waals surface area (Å²) in [5, 5.41) is 11.5. The Morgan fingerprint density at radius 2 is 1.88 bits per heavy atom. The van der Waals surface area contributed by atoms with Gasteiger partial charge in [0.1, 0.15) is 13.7 Å². The second kappa shape index (κ2) is 17.3. The number of unbranched alkanes of at least 4 members (excludes halogenated alkanes) is 2. The Balaban J connectivity index is 0.00000544. The van der Waals surface area contributed by atoms with Crippen LogP contribution in [0.5, 0.6) is 0 Å². The van der Waals surface area contributed by atoms with Crippen molar-refractivity contribution >= 4 is 31.2 Å². The first-order valence-corrected chi connectivity index (χ1v) is 14.1. The number of hydrogen-bond donors (Lipinski definition) is 1. The molecule has 0 aliphatic carbocycles. The predicted molar refractivity (Wildman–Crippen MR) is 122 cm³/mol. The van der Waals surface area contributed by atoms with Crippen molar-refractivity contribution in [3.8, 4) is 0 Å². The Labute approximate surface area is 231 Å². The second-order valence-corrected chi connectivity index (χ2v) is 11.1. The quantitative estimate of drug-likeness (QED) is 0.153. The maximum atomic E-state index is 13.1. The molecule has 2 N–H and O–H groups in total. The van der Waals surface area contributed by atoms with Crippen molar-refractivity contribution in [3.05, 3.63) is 35.9 Å². The summed E-state index contributed by atoms with van der Waals surface area (Å²) in [7, 11) is -4.28. The van der Waals surface area contributed by atoms with E-state index in [1.165, 1.54) is 16.7 Å². The number of carboxylic acids is 1. The molecule has 12 heteroatoms. The van der Waals surface area contributed by atoms with Gasteiger partial charge in [0.25, 0.3) is 5.91 Å². The molecule has 2 rings (SSSR count). The van der Waals surface area contributed by atoms with Gasteiger partial charge in [-0.15, -0.1) is 0 Å². The SMILES string of the molecule is CS[C@@H]1C[C@@H](C(=O)[O-])N(C(=O)[C@H](CCCCN)OP(=O)([O-])CCCCc2ccccc2)C1.[Li+].[Li+]. The fourth-order valence-electron chi connectivity index (χ4n) is 3.84. The molecule has 1 aromatic rings. The van der Waals surface area contributed by atoms with Crippen molar-refractivity contribution in [2.45, 2.75) is 62.3 Å². The van der Waals surface area contributed by atoms with Crippen LogP contribution in [0.2, 0.25) is 0 Å². The van der Waals surface area contributed by atoms with Crippen molar-refractivity contribution in [1.29, 1.82) is 0 Å². The topological polar surface area (TPSA) is 136 Å². The van der Waals surface area contributed by atoms with Crippen molar-refractivity contribution in [1.82, 2.24) is 4.90 Å². The number of aryl methyl sites for hydroxylation is 1. The summed E-state index contributed by atoms with van der Waals surface area (Å²) >= 11 is 1.47. The summed E-state index contributed by atoms with van der Waals surface area (Å²) in [6, 6.07) is 8.72. The number of amides is 1. The molecule has 1 aliphatic rings. The van der Waals surface area contributed by atoms with Crippen LogP contribution in [0.4, 0.5) is 0 Å². The van der Waals surface area contributed by atoms with Crippen molar-refractivity contribution in [3.63, 3.8) is 0 Å².